The molecule has 1 aromatic rings. The number of hydrogen-bond donors (Lipinski definition) is 1. The normalized spacial score (nSPS) is 20.7. The molecule has 0 radical (unpaired) electrons. The van der Waals surface area contributed by atoms with E-state index in [0.717, 1.165) is 30.6 Å². The van der Waals surface area contributed by atoms with Crippen LogP contribution >= 0.6 is 11.6 Å². The zero-order chi connectivity index (χ0) is 13.8. The van der Waals surface area contributed by atoms with Crippen molar-refractivity contribution in [2.24, 2.45) is 5.92 Å². The van der Waals surface area contributed by atoms with E-state index in [1.165, 1.54) is 24.1 Å². The first-order valence-electron chi connectivity index (χ1n) is 7.31. The summed E-state index contributed by atoms with van der Waals surface area (Å²) in [6.45, 7) is 10.0. The van der Waals surface area contributed by atoms with Gasteiger partial charge in [-0.25, -0.2) is 0 Å². The molecule has 1 aliphatic heterocycles. The molecule has 0 saturated carbocycles. The Balaban J connectivity index is 2.15. The van der Waals surface area contributed by atoms with Gasteiger partial charge < -0.3 is 10.2 Å². The molecule has 0 spiro atoms. The number of rotatable bonds is 3. The molecule has 1 atom stereocenters. The molecule has 3 heteroatoms. The predicted molar refractivity (Wildman–Crippen MR) is 84.3 cm³/mol. The zero-order valence-corrected chi connectivity index (χ0v) is 13.0. The molecule has 19 heavy (non-hydrogen) atoms. The second-order valence-corrected chi connectivity index (χ2v) is 6.37. The fraction of sp³-hybridized carbons (Fsp3) is 0.625. The molecule has 1 fully saturated rings. The minimum atomic E-state index is 0.584. The van der Waals surface area contributed by atoms with Crippen LogP contribution in [0.25, 0.3) is 0 Å². The SMILES string of the molecule is Cc1c(Cl)cccc1N1CCCNC(CC(C)C)C1. The molecule has 1 heterocycles. The van der Waals surface area contributed by atoms with Crippen molar-refractivity contribution in [3.05, 3.63) is 28.8 Å². The first kappa shape index (κ1) is 14.7. The van der Waals surface area contributed by atoms with E-state index in [9.17, 15) is 0 Å². The molecule has 0 amide bonds. The van der Waals surface area contributed by atoms with Crippen LogP contribution in [-0.4, -0.2) is 25.7 Å². The third-order valence-electron chi connectivity index (χ3n) is 3.81. The van der Waals surface area contributed by atoms with Gasteiger partial charge in [-0.05, 0) is 49.9 Å². The van der Waals surface area contributed by atoms with Crippen LogP contribution in [0, 0.1) is 12.8 Å². The van der Waals surface area contributed by atoms with E-state index in [2.05, 4.69) is 43.1 Å². The number of halogens is 1. The van der Waals surface area contributed by atoms with Crippen molar-refractivity contribution in [2.75, 3.05) is 24.5 Å². The summed E-state index contributed by atoms with van der Waals surface area (Å²) in [5.41, 5.74) is 2.50. The van der Waals surface area contributed by atoms with Crippen LogP contribution in [0.4, 0.5) is 5.69 Å². The molecule has 2 nitrogen and oxygen atoms in total. The Morgan fingerprint density at radius 1 is 1.42 bits per heavy atom. The van der Waals surface area contributed by atoms with Crippen LogP contribution in [0.5, 0.6) is 0 Å². The molecular formula is C16H25ClN2. The molecule has 1 saturated heterocycles. The average Bonchev–Trinajstić information content (AvgIpc) is 2.57. The number of hydrogen-bond acceptors (Lipinski definition) is 2. The fourth-order valence-electron chi connectivity index (χ4n) is 2.88. The molecule has 1 N–H and O–H groups in total. The Hall–Kier alpha value is -0.730. The zero-order valence-electron chi connectivity index (χ0n) is 12.2. The average molecular weight is 281 g/mol. The number of anilines is 1. The van der Waals surface area contributed by atoms with E-state index in [0.29, 0.717) is 6.04 Å². The number of nitrogens with zero attached hydrogens (tertiary/aromatic N) is 1. The lowest BCUT2D eigenvalue weighted by molar-refractivity contribution is 0.436. The lowest BCUT2D eigenvalue weighted by atomic mass is 10.0. The van der Waals surface area contributed by atoms with Crippen molar-refractivity contribution in [1.82, 2.24) is 5.32 Å². The molecule has 1 aliphatic rings. The van der Waals surface area contributed by atoms with Gasteiger partial charge in [0.2, 0.25) is 0 Å². The quantitative estimate of drug-likeness (QED) is 0.904. The molecule has 1 unspecified atom stereocenters. The van der Waals surface area contributed by atoms with E-state index in [1.54, 1.807) is 0 Å². The molecule has 0 aliphatic carbocycles. The maximum absolute atomic E-state index is 6.25. The highest BCUT2D eigenvalue weighted by atomic mass is 35.5. The standard InChI is InChI=1S/C16H25ClN2/c1-12(2)10-14-11-19(9-5-8-18-14)16-7-4-6-15(17)13(16)3/h4,6-7,12,14,18H,5,8-11H2,1-3H3. The summed E-state index contributed by atoms with van der Waals surface area (Å²) in [7, 11) is 0. The third-order valence-corrected chi connectivity index (χ3v) is 4.22. The predicted octanol–water partition coefficient (Wildman–Crippen LogP) is 3.86. The van der Waals surface area contributed by atoms with Gasteiger partial charge in [-0.3, -0.25) is 0 Å². The Morgan fingerprint density at radius 2 is 2.21 bits per heavy atom. The number of nitrogens with one attached hydrogen (secondary N) is 1. The first-order chi connectivity index (χ1) is 9.08. The van der Waals surface area contributed by atoms with Gasteiger partial charge in [0.25, 0.3) is 0 Å². The molecule has 106 valence electrons. The van der Waals surface area contributed by atoms with Gasteiger partial charge in [0, 0.05) is 29.8 Å². The third kappa shape index (κ3) is 3.87. The number of benzene rings is 1. The smallest absolute Gasteiger partial charge is 0.0455 e. The van der Waals surface area contributed by atoms with Gasteiger partial charge in [0.15, 0.2) is 0 Å². The highest BCUT2D eigenvalue weighted by Crippen LogP contribution is 2.27. The summed E-state index contributed by atoms with van der Waals surface area (Å²) in [6, 6.07) is 6.81. The van der Waals surface area contributed by atoms with Gasteiger partial charge >= 0.3 is 0 Å². The maximum atomic E-state index is 6.25. The Morgan fingerprint density at radius 3 is 2.95 bits per heavy atom. The summed E-state index contributed by atoms with van der Waals surface area (Å²) in [6.07, 6.45) is 2.43. The second-order valence-electron chi connectivity index (χ2n) is 5.96. The molecule has 0 aromatic heterocycles. The second kappa shape index (κ2) is 6.62. The molecular weight excluding hydrogens is 256 g/mol. The highest BCUT2D eigenvalue weighted by Gasteiger charge is 2.20. The summed E-state index contributed by atoms with van der Waals surface area (Å²) in [4.78, 5) is 2.49. The van der Waals surface area contributed by atoms with Crippen molar-refractivity contribution in [3.8, 4) is 0 Å². The largest absolute Gasteiger partial charge is 0.370 e. The van der Waals surface area contributed by atoms with Gasteiger partial charge in [-0.15, -0.1) is 0 Å². The topological polar surface area (TPSA) is 15.3 Å². The van der Waals surface area contributed by atoms with Crippen LogP contribution in [0.2, 0.25) is 5.02 Å². The van der Waals surface area contributed by atoms with E-state index in [4.69, 9.17) is 11.6 Å². The van der Waals surface area contributed by atoms with E-state index >= 15 is 0 Å². The van der Waals surface area contributed by atoms with Crippen molar-refractivity contribution in [2.45, 2.75) is 39.7 Å². The minimum Gasteiger partial charge on any atom is -0.370 e. The maximum Gasteiger partial charge on any atom is 0.0455 e. The van der Waals surface area contributed by atoms with Crippen LogP contribution < -0.4 is 10.2 Å². The summed E-state index contributed by atoms with van der Waals surface area (Å²) >= 11 is 6.25. The van der Waals surface area contributed by atoms with Gasteiger partial charge in [-0.2, -0.15) is 0 Å². The van der Waals surface area contributed by atoms with Crippen LogP contribution in [-0.2, 0) is 0 Å². The van der Waals surface area contributed by atoms with Crippen molar-refractivity contribution < 1.29 is 0 Å². The lowest BCUT2D eigenvalue weighted by Crippen LogP contribution is -2.38. The van der Waals surface area contributed by atoms with Crippen molar-refractivity contribution >= 4 is 17.3 Å². The summed E-state index contributed by atoms with van der Waals surface area (Å²) in [5.74, 6) is 0.734. The molecule has 1 aromatic carbocycles. The fourth-order valence-corrected chi connectivity index (χ4v) is 3.05. The monoisotopic (exact) mass is 280 g/mol. The van der Waals surface area contributed by atoms with E-state index in [-0.39, 0.29) is 0 Å². The van der Waals surface area contributed by atoms with Gasteiger partial charge in [0.1, 0.15) is 0 Å². The van der Waals surface area contributed by atoms with Gasteiger partial charge in [0.05, 0.1) is 0 Å². The highest BCUT2D eigenvalue weighted by molar-refractivity contribution is 6.31. The van der Waals surface area contributed by atoms with Crippen molar-refractivity contribution in [3.63, 3.8) is 0 Å². The Kier molecular flexibility index (Phi) is 5.12. The lowest BCUT2D eigenvalue weighted by Gasteiger charge is -2.29. The van der Waals surface area contributed by atoms with E-state index in [1.807, 2.05) is 6.07 Å². The van der Waals surface area contributed by atoms with Crippen LogP contribution in [0.3, 0.4) is 0 Å². The van der Waals surface area contributed by atoms with Crippen molar-refractivity contribution in [1.29, 1.82) is 0 Å². The van der Waals surface area contributed by atoms with Crippen LogP contribution in [0.1, 0.15) is 32.3 Å². The molecule has 0 bridgehead atoms. The first-order valence-corrected chi connectivity index (χ1v) is 7.69. The molecule has 2 rings (SSSR count). The summed E-state index contributed by atoms with van der Waals surface area (Å²) in [5, 5.41) is 4.54. The minimum absolute atomic E-state index is 0.584. The Bertz CT molecular complexity index is 417. The van der Waals surface area contributed by atoms with Gasteiger partial charge in [-0.1, -0.05) is 31.5 Å². The van der Waals surface area contributed by atoms with E-state index < -0.39 is 0 Å². The summed E-state index contributed by atoms with van der Waals surface area (Å²) < 4.78 is 0. The Labute approximate surface area is 122 Å². The van der Waals surface area contributed by atoms with Crippen LogP contribution in [0.15, 0.2) is 18.2 Å².